The Balaban J connectivity index is 2.04. The Morgan fingerprint density at radius 1 is 1.24 bits per heavy atom. The number of ether oxygens (including phenoxy) is 2. The fourth-order valence-electron chi connectivity index (χ4n) is 2.23. The fourth-order valence-corrected chi connectivity index (χ4v) is 2.23. The third-order valence-corrected chi connectivity index (χ3v) is 3.42. The highest BCUT2D eigenvalue weighted by atomic mass is 19.1. The number of hydrogen-bond acceptors (Lipinski definition) is 4. The molecule has 0 saturated carbocycles. The highest BCUT2D eigenvalue weighted by Crippen LogP contribution is 2.22. The van der Waals surface area contributed by atoms with Crippen molar-refractivity contribution in [2.75, 3.05) is 7.11 Å². The number of carbonyl (C=O) groups excluding carboxylic acids is 1. The Hall–Kier alpha value is -2.63. The lowest BCUT2D eigenvalue weighted by Crippen LogP contribution is -2.27. The van der Waals surface area contributed by atoms with E-state index in [4.69, 9.17) is 9.47 Å². The Bertz CT molecular complexity index is 739. The van der Waals surface area contributed by atoms with E-state index in [1.165, 1.54) is 25.4 Å². The molecule has 5 nitrogen and oxygen atoms in total. The molecular weight excluding hydrogens is 323 g/mol. The maximum atomic E-state index is 13.8. The summed E-state index contributed by atoms with van der Waals surface area (Å²) in [6, 6.07) is 7.51. The summed E-state index contributed by atoms with van der Waals surface area (Å²) in [5.41, 5.74) is 0.569. The number of hydrogen-bond donors (Lipinski definition) is 1. The van der Waals surface area contributed by atoms with E-state index >= 15 is 0 Å². The molecule has 0 aliphatic carbocycles. The van der Waals surface area contributed by atoms with Crippen molar-refractivity contribution in [1.82, 2.24) is 10.3 Å². The summed E-state index contributed by atoms with van der Waals surface area (Å²) in [4.78, 5) is 16.4. The maximum absolute atomic E-state index is 13.8. The molecule has 0 aliphatic rings. The molecule has 1 amide bonds. The molecule has 0 spiro atoms. The quantitative estimate of drug-likeness (QED) is 0.892. The summed E-state index contributed by atoms with van der Waals surface area (Å²) in [5.74, 6) is -0.0540. The highest BCUT2D eigenvalue weighted by molar-refractivity contribution is 5.92. The smallest absolute Gasteiger partial charge is 0.270 e. The van der Waals surface area contributed by atoms with Crippen LogP contribution in [0.4, 0.5) is 4.39 Å². The van der Waals surface area contributed by atoms with E-state index in [0.717, 1.165) is 0 Å². The van der Waals surface area contributed by atoms with Crippen molar-refractivity contribution in [2.24, 2.45) is 0 Å². The zero-order chi connectivity index (χ0) is 18.6. The van der Waals surface area contributed by atoms with Gasteiger partial charge in [-0.3, -0.25) is 4.79 Å². The van der Waals surface area contributed by atoms with Gasteiger partial charge in [0.1, 0.15) is 17.0 Å². The van der Waals surface area contributed by atoms with Gasteiger partial charge in [0.15, 0.2) is 11.6 Å². The van der Waals surface area contributed by atoms with Crippen molar-refractivity contribution in [3.8, 4) is 11.5 Å². The van der Waals surface area contributed by atoms with Crippen LogP contribution in [0.5, 0.6) is 11.5 Å². The first-order valence-corrected chi connectivity index (χ1v) is 7.99. The molecule has 0 saturated heterocycles. The summed E-state index contributed by atoms with van der Waals surface area (Å²) < 4.78 is 24.4. The molecule has 0 unspecified atom stereocenters. The average molecular weight is 346 g/mol. The Kier molecular flexibility index (Phi) is 5.62. The van der Waals surface area contributed by atoms with E-state index in [2.05, 4.69) is 10.3 Å². The second kappa shape index (κ2) is 7.51. The number of aromatic nitrogens is 1. The third-order valence-electron chi connectivity index (χ3n) is 3.42. The highest BCUT2D eigenvalue weighted by Gasteiger charge is 2.16. The van der Waals surface area contributed by atoms with Gasteiger partial charge in [-0.25, -0.2) is 9.37 Å². The van der Waals surface area contributed by atoms with Gasteiger partial charge in [-0.05, 0) is 57.5 Å². The van der Waals surface area contributed by atoms with Crippen molar-refractivity contribution in [3.63, 3.8) is 0 Å². The van der Waals surface area contributed by atoms with E-state index in [1.54, 1.807) is 25.1 Å². The van der Waals surface area contributed by atoms with E-state index in [0.29, 0.717) is 11.3 Å². The van der Waals surface area contributed by atoms with Gasteiger partial charge in [0.25, 0.3) is 5.91 Å². The van der Waals surface area contributed by atoms with E-state index in [9.17, 15) is 9.18 Å². The summed E-state index contributed by atoms with van der Waals surface area (Å²) in [5, 5.41) is 2.80. The van der Waals surface area contributed by atoms with Gasteiger partial charge >= 0.3 is 0 Å². The van der Waals surface area contributed by atoms with Crippen LogP contribution >= 0.6 is 0 Å². The molecule has 25 heavy (non-hydrogen) atoms. The zero-order valence-electron chi connectivity index (χ0n) is 15.1. The second-order valence-electron chi connectivity index (χ2n) is 6.68. The van der Waals surface area contributed by atoms with Gasteiger partial charge in [-0.15, -0.1) is 0 Å². The molecule has 1 heterocycles. The molecule has 1 aromatic carbocycles. The van der Waals surface area contributed by atoms with E-state index in [-0.39, 0.29) is 29.0 Å². The first kappa shape index (κ1) is 18.7. The molecule has 0 aliphatic heterocycles. The van der Waals surface area contributed by atoms with E-state index < -0.39 is 5.82 Å². The number of nitrogens with zero attached hydrogens (tertiary/aromatic N) is 1. The summed E-state index contributed by atoms with van der Waals surface area (Å²) in [6.45, 7) is 7.58. The predicted molar refractivity (Wildman–Crippen MR) is 93.5 cm³/mol. The number of pyridine rings is 1. The molecule has 1 aromatic heterocycles. The molecule has 0 radical (unpaired) electrons. The van der Waals surface area contributed by atoms with Crippen LogP contribution in [0, 0.1) is 5.82 Å². The average Bonchev–Trinajstić information content (AvgIpc) is 2.53. The number of amides is 1. The van der Waals surface area contributed by atoms with Gasteiger partial charge in [-0.2, -0.15) is 0 Å². The number of rotatable bonds is 5. The summed E-state index contributed by atoms with van der Waals surface area (Å²) in [6.07, 6.45) is 1.51. The largest absolute Gasteiger partial charge is 0.494 e. The van der Waals surface area contributed by atoms with Crippen molar-refractivity contribution >= 4 is 5.91 Å². The van der Waals surface area contributed by atoms with Crippen LogP contribution in [-0.2, 0) is 0 Å². The van der Waals surface area contributed by atoms with E-state index in [1.807, 2.05) is 20.8 Å². The number of nitrogens with one attached hydrogen (secondary N) is 1. The normalized spacial score (nSPS) is 12.4. The van der Waals surface area contributed by atoms with Crippen LogP contribution in [-0.4, -0.2) is 23.6 Å². The van der Waals surface area contributed by atoms with Gasteiger partial charge < -0.3 is 14.8 Å². The summed E-state index contributed by atoms with van der Waals surface area (Å²) in [7, 11) is 1.40. The standard InChI is InChI=1S/C19H23FN2O3/c1-12(13-6-9-17(24-5)15(20)10-13)22-18(23)16-8-7-14(11-21-16)25-19(2,3)4/h6-12H,1-5H3,(H,22,23)/t12-/m0/s1. The van der Waals surface area contributed by atoms with Crippen molar-refractivity contribution in [2.45, 2.75) is 39.3 Å². The minimum Gasteiger partial charge on any atom is -0.494 e. The second-order valence-corrected chi connectivity index (χ2v) is 6.68. The van der Waals surface area contributed by atoms with Crippen molar-refractivity contribution in [1.29, 1.82) is 0 Å². The molecular formula is C19H23FN2O3. The van der Waals surface area contributed by atoms with Crippen LogP contribution < -0.4 is 14.8 Å². The number of halogens is 1. The molecule has 2 aromatic rings. The third kappa shape index (κ3) is 5.17. The lowest BCUT2D eigenvalue weighted by atomic mass is 10.1. The van der Waals surface area contributed by atoms with Crippen LogP contribution in [0.1, 0.15) is 49.8 Å². The minimum absolute atomic E-state index is 0.165. The molecule has 6 heteroatoms. The molecule has 134 valence electrons. The Morgan fingerprint density at radius 2 is 1.96 bits per heavy atom. The lowest BCUT2D eigenvalue weighted by molar-refractivity contribution is 0.0934. The Morgan fingerprint density at radius 3 is 2.48 bits per heavy atom. The van der Waals surface area contributed by atoms with Gasteiger partial charge in [-0.1, -0.05) is 6.07 Å². The van der Waals surface area contributed by atoms with Gasteiger partial charge in [0, 0.05) is 0 Å². The van der Waals surface area contributed by atoms with Crippen molar-refractivity contribution in [3.05, 3.63) is 53.6 Å². The van der Waals surface area contributed by atoms with Crippen LogP contribution in [0.25, 0.3) is 0 Å². The molecule has 0 fully saturated rings. The van der Waals surface area contributed by atoms with Gasteiger partial charge in [0.05, 0.1) is 19.3 Å². The Labute approximate surface area is 147 Å². The zero-order valence-corrected chi connectivity index (χ0v) is 15.1. The lowest BCUT2D eigenvalue weighted by Gasteiger charge is -2.21. The maximum Gasteiger partial charge on any atom is 0.270 e. The number of carbonyl (C=O) groups is 1. The monoisotopic (exact) mass is 346 g/mol. The SMILES string of the molecule is COc1ccc([C@H](C)NC(=O)c2ccc(OC(C)(C)C)cn2)cc1F. The number of methoxy groups -OCH3 is 1. The van der Waals surface area contributed by atoms with Crippen molar-refractivity contribution < 1.29 is 18.7 Å². The first-order chi connectivity index (χ1) is 11.7. The number of benzene rings is 1. The van der Waals surface area contributed by atoms with Crippen LogP contribution in [0.3, 0.4) is 0 Å². The topological polar surface area (TPSA) is 60.5 Å². The fraction of sp³-hybridized carbons (Fsp3) is 0.368. The van der Waals surface area contributed by atoms with Crippen LogP contribution in [0.15, 0.2) is 36.5 Å². The molecule has 0 bridgehead atoms. The van der Waals surface area contributed by atoms with Crippen LogP contribution in [0.2, 0.25) is 0 Å². The molecule has 1 atom stereocenters. The predicted octanol–water partition coefficient (Wildman–Crippen LogP) is 3.90. The summed E-state index contributed by atoms with van der Waals surface area (Å²) >= 11 is 0. The molecule has 2 rings (SSSR count). The molecule has 1 N–H and O–H groups in total. The van der Waals surface area contributed by atoms with Gasteiger partial charge in [0.2, 0.25) is 0 Å². The minimum atomic E-state index is -0.470. The first-order valence-electron chi connectivity index (χ1n) is 7.99.